The van der Waals surface area contributed by atoms with E-state index in [2.05, 4.69) is 14.9 Å². The quantitative estimate of drug-likeness (QED) is 0.0980. The van der Waals surface area contributed by atoms with Crippen LogP contribution in [0.5, 0.6) is 0 Å². The molecule has 11 nitrogen and oxygen atoms in total. The highest BCUT2D eigenvalue weighted by Gasteiger charge is 2.42. The molecular weight excluding hydrogens is 675 g/mol. The van der Waals surface area contributed by atoms with Gasteiger partial charge in [-0.25, -0.2) is 13.1 Å². The lowest BCUT2D eigenvalue weighted by Gasteiger charge is -2.47. The first-order valence-electron chi connectivity index (χ1n) is 17.3. The van der Waals surface area contributed by atoms with Crippen LogP contribution in [0.25, 0.3) is 0 Å². The Morgan fingerprint density at radius 2 is 1.72 bits per heavy atom. The first-order chi connectivity index (χ1) is 24.0. The molecule has 1 aliphatic heterocycles. The third kappa shape index (κ3) is 9.56. The Bertz CT molecular complexity index is 1690. The number of benzene rings is 3. The fourth-order valence-corrected chi connectivity index (χ4v) is 9.10. The number of sulfonamides is 1. The first-order valence-corrected chi connectivity index (χ1v) is 19.8. The van der Waals surface area contributed by atoms with Crippen LogP contribution in [0.2, 0.25) is 0 Å². The van der Waals surface area contributed by atoms with E-state index in [1.54, 1.807) is 23.9 Å². The van der Waals surface area contributed by atoms with Gasteiger partial charge in [0, 0.05) is 54.2 Å². The second-order valence-electron chi connectivity index (χ2n) is 13.6. The van der Waals surface area contributed by atoms with E-state index < -0.39 is 20.9 Å². The maximum absolute atomic E-state index is 13.3. The summed E-state index contributed by atoms with van der Waals surface area (Å²) in [6.07, 6.45) is 8.89. The van der Waals surface area contributed by atoms with Gasteiger partial charge in [-0.2, -0.15) is 0 Å². The molecule has 0 bridgehead atoms. The first kappa shape index (κ1) is 37.6. The Morgan fingerprint density at radius 1 is 1.04 bits per heavy atom. The molecule has 1 amide bonds. The zero-order valence-electron chi connectivity index (χ0n) is 29.2. The number of piperidine rings is 1. The van der Waals surface area contributed by atoms with E-state index in [4.69, 9.17) is 4.74 Å². The molecule has 2 fully saturated rings. The highest BCUT2D eigenvalue weighted by Crippen LogP contribution is 2.42. The minimum Gasteiger partial charge on any atom is -0.378 e. The number of rotatable bonds is 15. The minimum atomic E-state index is -4.40. The molecule has 1 saturated carbocycles. The third-order valence-electron chi connectivity index (χ3n) is 10.0. The lowest BCUT2D eigenvalue weighted by atomic mass is 9.72. The Hall–Kier alpha value is -3.65. The highest BCUT2D eigenvalue weighted by molar-refractivity contribution is 7.99. The summed E-state index contributed by atoms with van der Waals surface area (Å²) >= 11 is 1.64. The molecule has 0 unspecified atom stereocenters. The summed E-state index contributed by atoms with van der Waals surface area (Å²) in [5.41, 5.74) is 0.890. The topological polar surface area (TPSA) is 134 Å². The summed E-state index contributed by atoms with van der Waals surface area (Å²) in [5.74, 6) is 0.438. The van der Waals surface area contributed by atoms with Crippen LogP contribution in [-0.4, -0.2) is 82.4 Å². The Kier molecular flexibility index (Phi) is 12.8. The van der Waals surface area contributed by atoms with Crippen LogP contribution >= 0.6 is 11.8 Å². The molecule has 0 aromatic heterocycles. The van der Waals surface area contributed by atoms with Gasteiger partial charge >= 0.3 is 0 Å². The van der Waals surface area contributed by atoms with E-state index in [-0.39, 0.29) is 33.5 Å². The van der Waals surface area contributed by atoms with Crippen LogP contribution in [0.1, 0.15) is 61.7 Å². The van der Waals surface area contributed by atoms with Crippen molar-refractivity contribution in [2.45, 2.75) is 72.8 Å². The zero-order chi connectivity index (χ0) is 35.7. The molecule has 2 aliphatic rings. The normalized spacial score (nSPS) is 17.3. The Labute approximate surface area is 300 Å². The summed E-state index contributed by atoms with van der Waals surface area (Å²) in [5, 5.41) is 15.4. The number of carbonyl (C=O) groups excluding carboxylic acids is 1. The van der Waals surface area contributed by atoms with E-state index in [9.17, 15) is 23.3 Å². The van der Waals surface area contributed by atoms with Gasteiger partial charge in [0.05, 0.1) is 15.4 Å². The molecule has 270 valence electrons. The second kappa shape index (κ2) is 17.0. The predicted molar refractivity (Wildman–Crippen MR) is 200 cm³/mol. The molecule has 5 rings (SSSR count). The Morgan fingerprint density at radius 3 is 2.34 bits per heavy atom. The molecule has 2 N–H and O–H groups in total. The summed E-state index contributed by atoms with van der Waals surface area (Å²) in [7, 11) is 1.36. The van der Waals surface area contributed by atoms with Crippen molar-refractivity contribution in [3.8, 4) is 0 Å². The van der Waals surface area contributed by atoms with Crippen molar-refractivity contribution in [1.82, 2.24) is 9.62 Å². The van der Waals surface area contributed by atoms with Crippen LogP contribution in [0, 0.1) is 16.0 Å². The van der Waals surface area contributed by atoms with E-state index in [0.717, 1.165) is 49.1 Å². The number of hydrogen-bond acceptors (Lipinski definition) is 10. The molecule has 3 aromatic rings. The fourth-order valence-electron chi connectivity index (χ4n) is 7.11. The van der Waals surface area contributed by atoms with Gasteiger partial charge in [-0.15, -0.1) is 11.8 Å². The number of nitrogens with zero attached hydrogens (tertiary/aromatic N) is 3. The lowest BCUT2D eigenvalue weighted by Crippen LogP contribution is -2.50. The van der Waals surface area contributed by atoms with Gasteiger partial charge in [-0.3, -0.25) is 14.9 Å². The average Bonchev–Trinajstić information content (AvgIpc) is 3.13. The largest absolute Gasteiger partial charge is 0.378 e. The molecule has 1 aliphatic carbocycles. The van der Waals surface area contributed by atoms with Gasteiger partial charge < -0.3 is 19.9 Å². The van der Waals surface area contributed by atoms with Gasteiger partial charge in [-0.05, 0) is 107 Å². The number of methoxy groups -OCH3 is 1. The molecule has 3 aromatic carbocycles. The second-order valence-corrected chi connectivity index (χ2v) is 16.3. The summed E-state index contributed by atoms with van der Waals surface area (Å²) < 4.78 is 34.8. The molecular formula is C37H49N5O6S2. The van der Waals surface area contributed by atoms with Crippen molar-refractivity contribution in [1.29, 1.82) is 0 Å². The molecule has 0 spiro atoms. The SMILES string of the molecule is COC1(C2CCCCC2)CCN(c2ccc(C(=O)NS(=O)(=O)c3ccc(N[C@H](CCN(C)C)CSc4ccccc4)c([N+](=O)[O-])c3)cc2)CC1. The average molecular weight is 724 g/mol. The van der Waals surface area contributed by atoms with Crippen molar-refractivity contribution in [2.75, 3.05) is 56.8 Å². The number of anilines is 2. The van der Waals surface area contributed by atoms with Crippen molar-refractivity contribution in [3.05, 3.63) is 88.5 Å². The summed E-state index contributed by atoms with van der Waals surface area (Å²) in [6, 6.07) is 20.3. The van der Waals surface area contributed by atoms with E-state index >= 15 is 0 Å². The molecule has 1 saturated heterocycles. The number of ether oxygens (including phenoxy) is 1. The van der Waals surface area contributed by atoms with Crippen molar-refractivity contribution in [2.24, 2.45) is 5.92 Å². The molecule has 50 heavy (non-hydrogen) atoms. The van der Waals surface area contributed by atoms with Gasteiger partial charge in [0.25, 0.3) is 21.6 Å². The van der Waals surface area contributed by atoms with Crippen molar-refractivity contribution < 1.29 is 22.9 Å². The lowest BCUT2D eigenvalue weighted by molar-refractivity contribution is -0.384. The van der Waals surface area contributed by atoms with E-state index in [1.807, 2.05) is 68.6 Å². The van der Waals surface area contributed by atoms with Crippen LogP contribution in [0.3, 0.4) is 0 Å². The predicted octanol–water partition coefficient (Wildman–Crippen LogP) is 6.80. The Balaban J connectivity index is 1.23. The number of amides is 1. The van der Waals surface area contributed by atoms with Crippen LogP contribution in [-0.2, 0) is 14.8 Å². The number of nitro benzene ring substituents is 1. The number of nitro groups is 1. The van der Waals surface area contributed by atoms with Gasteiger partial charge in [0.1, 0.15) is 5.69 Å². The molecule has 1 atom stereocenters. The number of hydrogen-bond donors (Lipinski definition) is 2. The standard InChI is InChI=1S/C37H49N5O6S2/c1-40(2)23-20-30(27-49-32-12-8-5-9-13-32)38-34-19-18-33(26-35(34)42(44)45)50(46,47)39-36(43)28-14-16-31(17-15-28)41-24-21-37(48-3,22-25-41)29-10-6-4-7-11-29/h5,8-9,12-19,26,29-30,38H,4,6-7,10-11,20-25,27H2,1-3H3,(H,39,43)/t30-/m1/s1. The number of thioether (sulfide) groups is 1. The van der Waals surface area contributed by atoms with Crippen molar-refractivity contribution >= 4 is 44.8 Å². The van der Waals surface area contributed by atoms with E-state index in [1.165, 1.54) is 44.2 Å². The van der Waals surface area contributed by atoms with Gasteiger partial charge in [0.2, 0.25) is 0 Å². The van der Waals surface area contributed by atoms with Crippen molar-refractivity contribution in [3.63, 3.8) is 0 Å². The fraction of sp³-hybridized carbons (Fsp3) is 0.486. The zero-order valence-corrected chi connectivity index (χ0v) is 30.8. The number of nitrogens with one attached hydrogen (secondary N) is 2. The molecule has 0 radical (unpaired) electrons. The molecule has 1 heterocycles. The van der Waals surface area contributed by atoms with Gasteiger partial charge in [-0.1, -0.05) is 37.5 Å². The summed E-state index contributed by atoms with van der Waals surface area (Å²) in [6.45, 7) is 2.44. The van der Waals surface area contributed by atoms with Crippen LogP contribution < -0.4 is 14.9 Å². The highest BCUT2D eigenvalue weighted by atomic mass is 32.2. The maximum atomic E-state index is 13.3. The van der Waals surface area contributed by atoms with Crippen LogP contribution in [0.15, 0.2) is 82.6 Å². The maximum Gasteiger partial charge on any atom is 0.293 e. The smallest absolute Gasteiger partial charge is 0.293 e. The van der Waals surface area contributed by atoms with Crippen LogP contribution in [0.4, 0.5) is 17.1 Å². The van der Waals surface area contributed by atoms with Gasteiger partial charge in [0.15, 0.2) is 0 Å². The minimum absolute atomic E-state index is 0.0797. The monoisotopic (exact) mass is 723 g/mol. The van der Waals surface area contributed by atoms with E-state index in [0.29, 0.717) is 18.1 Å². The summed E-state index contributed by atoms with van der Waals surface area (Å²) in [4.78, 5) is 29.6. The number of carbonyl (C=O) groups is 1. The third-order valence-corrected chi connectivity index (χ3v) is 12.5. The molecule has 13 heteroatoms.